The van der Waals surface area contributed by atoms with Gasteiger partial charge in [0, 0.05) is 19.0 Å². The molecule has 0 aliphatic carbocycles. The maximum absolute atomic E-state index is 11.1. The molecule has 1 rings (SSSR count). The van der Waals surface area contributed by atoms with Gasteiger partial charge in [0.25, 0.3) is 0 Å². The molecule has 1 saturated heterocycles. The monoisotopic (exact) mass is 228 g/mol. The predicted octanol–water partition coefficient (Wildman–Crippen LogP) is 1.14. The highest BCUT2D eigenvalue weighted by atomic mass is 16.5. The van der Waals surface area contributed by atoms with Gasteiger partial charge >= 0.3 is 5.97 Å². The molecule has 94 valence electrons. The van der Waals surface area contributed by atoms with Crippen molar-refractivity contribution >= 4 is 5.97 Å². The van der Waals surface area contributed by atoms with Crippen LogP contribution < -0.4 is 5.73 Å². The minimum absolute atomic E-state index is 0.0642. The van der Waals surface area contributed by atoms with Crippen molar-refractivity contribution < 1.29 is 9.53 Å². The standard InChI is InChI=1S/C12H24N2O2/c1-2-16-12(15)6-4-3-5-8-14-9-7-11(13)10-14/h11H,2-10,13H2,1H3/t11-/m1/s1. The van der Waals surface area contributed by atoms with Gasteiger partial charge in [-0.3, -0.25) is 4.79 Å². The van der Waals surface area contributed by atoms with Crippen LogP contribution in [0.1, 0.15) is 39.0 Å². The van der Waals surface area contributed by atoms with Gasteiger partial charge in [-0.2, -0.15) is 0 Å². The number of nitrogens with two attached hydrogens (primary N) is 1. The van der Waals surface area contributed by atoms with Gasteiger partial charge < -0.3 is 15.4 Å². The molecule has 0 saturated carbocycles. The van der Waals surface area contributed by atoms with E-state index in [9.17, 15) is 4.79 Å². The Balaban J connectivity index is 1.90. The smallest absolute Gasteiger partial charge is 0.305 e. The van der Waals surface area contributed by atoms with Crippen LogP contribution >= 0.6 is 0 Å². The Morgan fingerprint density at radius 3 is 2.88 bits per heavy atom. The minimum atomic E-state index is -0.0642. The largest absolute Gasteiger partial charge is 0.466 e. The maximum atomic E-state index is 11.1. The molecule has 4 nitrogen and oxygen atoms in total. The lowest BCUT2D eigenvalue weighted by molar-refractivity contribution is -0.143. The average molecular weight is 228 g/mol. The lowest BCUT2D eigenvalue weighted by Gasteiger charge is -2.14. The van der Waals surface area contributed by atoms with Crippen molar-refractivity contribution in [3.63, 3.8) is 0 Å². The van der Waals surface area contributed by atoms with E-state index >= 15 is 0 Å². The second-order valence-electron chi connectivity index (χ2n) is 4.47. The molecule has 0 amide bonds. The number of unbranched alkanes of at least 4 members (excludes halogenated alkanes) is 2. The first-order chi connectivity index (χ1) is 7.72. The van der Waals surface area contributed by atoms with Crippen LogP contribution in [0.15, 0.2) is 0 Å². The Kier molecular flexibility index (Phi) is 6.42. The van der Waals surface area contributed by atoms with Crippen molar-refractivity contribution in [3.8, 4) is 0 Å². The van der Waals surface area contributed by atoms with E-state index in [4.69, 9.17) is 10.5 Å². The van der Waals surface area contributed by atoms with Crippen molar-refractivity contribution in [2.24, 2.45) is 5.73 Å². The third-order valence-electron chi connectivity index (χ3n) is 2.97. The highest BCUT2D eigenvalue weighted by molar-refractivity contribution is 5.69. The molecule has 1 atom stereocenters. The summed E-state index contributed by atoms with van der Waals surface area (Å²) in [7, 11) is 0. The van der Waals surface area contributed by atoms with E-state index in [1.807, 2.05) is 6.92 Å². The quantitative estimate of drug-likeness (QED) is 0.524. The van der Waals surface area contributed by atoms with Gasteiger partial charge in [-0.1, -0.05) is 6.42 Å². The van der Waals surface area contributed by atoms with E-state index < -0.39 is 0 Å². The number of rotatable bonds is 7. The highest BCUT2D eigenvalue weighted by Crippen LogP contribution is 2.09. The molecule has 0 radical (unpaired) electrons. The maximum Gasteiger partial charge on any atom is 0.305 e. The van der Waals surface area contributed by atoms with E-state index in [1.165, 1.54) is 0 Å². The van der Waals surface area contributed by atoms with E-state index in [0.29, 0.717) is 19.1 Å². The summed E-state index contributed by atoms with van der Waals surface area (Å²) in [6.07, 6.45) is 4.89. The van der Waals surface area contributed by atoms with Crippen molar-refractivity contribution in [1.29, 1.82) is 0 Å². The Morgan fingerprint density at radius 2 is 2.25 bits per heavy atom. The highest BCUT2D eigenvalue weighted by Gasteiger charge is 2.17. The minimum Gasteiger partial charge on any atom is -0.466 e. The molecule has 1 fully saturated rings. The fourth-order valence-electron chi connectivity index (χ4n) is 2.08. The predicted molar refractivity (Wildman–Crippen MR) is 64.1 cm³/mol. The zero-order valence-corrected chi connectivity index (χ0v) is 10.3. The number of likely N-dealkylation sites (tertiary alicyclic amines) is 1. The van der Waals surface area contributed by atoms with Gasteiger partial charge in [-0.25, -0.2) is 0 Å². The fraction of sp³-hybridized carbons (Fsp3) is 0.917. The third-order valence-corrected chi connectivity index (χ3v) is 2.97. The first kappa shape index (κ1) is 13.5. The number of carbonyl (C=O) groups excluding carboxylic acids is 1. The summed E-state index contributed by atoms with van der Waals surface area (Å²) in [6, 6.07) is 0.375. The van der Waals surface area contributed by atoms with E-state index in [2.05, 4.69) is 4.90 Å². The zero-order valence-electron chi connectivity index (χ0n) is 10.3. The van der Waals surface area contributed by atoms with Crippen molar-refractivity contribution in [3.05, 3.63) is 0 Å². The molecule has 0 unspecified atom stereocenters. The van der Waals surface area contributed by atoms with Crippen molar-refractivity contribution in [2.45, 2.75) is 45.1 Å². The number of ether oxygens (including phenoxy) is 1. The van der Waals surface area contributed by atoms with Crippen molar-refractivity contribution in [1.82, 2.24) is 4.90 Å². The molecule has 1 aliphatic heterocycles. The topological polar surface area (TPSA) is 55.6 Å². The van der Waals surface area contributed by atoms with Crippen LogP contribution in [0.3, 0.4) is 0 Å². The normalized spacial score (nSPS) is 21.2. The number of hydrogen-bond acceptors (Lipinski definition) is 4. The third kappa shape index (κ3) is 5.47. The van der Waals surface area contributed by atoms with Gasteiger partial charge in [-0.05, 0) is 39.3 Å². The summed E-state index contributed by atoms with van der Waals surface area (Å²) in [5.74, 6) is -0.0642. The van der Waals surface area contributed by atoms with Gasteiger partial charge in [0.2, 0.25) is 0 Å². The van der Waals surface area contributed by atoms with Crippen LogP contribution in [0.4, 0.5) is 0 Å². The first-order valence-electron chi connectivity index (χ1n) is 6.36. The number of carbonyl (C=O) groups is 1. The second-order valence-corrected chi connectivity index (χ2v) is 4.47. The molecule has 1 aliphatic rings. The average Bonchev–Trinajstić information content (AvgIpc) is 2.64. The van der Waals surface area contributed by atoms with Crippen LogP contribution in [0.2, 0.25) is 0 Å². The summed E-state index contributed by atoms with van der Waals surface area (Å²) in [5, 5.41) is 0. The molecule has 16 heavy (non-hydrogen) atoms. The summed E-state index contributed by atoms with van der Waals surface area (Å²) in [6.45, 7) is 5.63. The van der Waals surface area contributed by atoms with Crippen LogP contribution in [0.5, 0.6) is 0 Å². The summed E-state index contributed by atoms with van der Waals surface area (Å²) in [4.78, 5) is 13.5. The first-order valence-corrected chi connectivity index (χ1v) is 6.36. The van der Waals surface area contributed by atoms with Gasteiger partial charge in [0.05, 0.1) is 6.61 Å². The molecular formula is C12H24N2O2. The van der Waals surface area contributed by atoms with E-state index in [0.717, 1.165) is 45.3 Å². The second kappa shape index (κ2) is 7.63. The molecule has 4 heteroatoms. The zero-order chi connectivity index (χ0) is 11.8. The Hall–Kier alpha value is -0.610. The van der Waals surface area contributed by atoms with E-state index in [-0.39, 0.29) is 5.97 Å². The Morgan fingerprint density at radius 1 is 1.44 bits per heavy atom. The lowest BCUT2D eigenvalue weighted by Crippen LogP contribution is -2.27. The van der Waals surface area contributed by atoms with Crippen LogP contribution in [0.25, 0.3) is 0 Å². The number of hydrogen-bond donors (Lipinski definition) is 1. The Bertz CT molecular complexity index is 209. The SMILES string of the molecule is CCOC(=O)CCCCCN1CC[C@@H](N)C1. The van der Waals surface area contributed by atoms with Crippen LogP contribution in [-0.2, 0) is 9.53 Å². The van der Waals surface area contributed by atoms with E-state index in [1.54, 1.807) is 0 Å². The van der Waals surface area contributed by atoms with Gasteiger partial charge in [0.15, 0.2) is 0 Å². The lowest BCUT2D eigenvalue weighted by atomic mass is 10.2. The number of nitrogens with zero attached hydrogens (tertiary/aromatic N) is 1. The molecule has 0 spiro atoms. The van der Waals surface area contributed by atoms with Gasteiger partial charge in [0.1, 0.15) is 0 Å². The molecule has 0 bridgehead atoms. The van der Waals surface area contributed by atoms with Crippen molar-refractivity contribution in [2.75, 3.05) is 26.2 Å². The van der Waals surface area contributed by atoms with Gasteiger partial charge in [-0.15, -0.1) is 0 Å². The number of esters is 1. The molecule has 0 aromatic heterocycles. The fourth-order valence-corrected chi connectivity index (χ4v) is 2.08. The summed E-state index contributed by atoms with van der Waals surface area (Å²) in [5.41, 5.74) is 5.83. The summed E-state index contributed by atoms with van der Waals surface area (Å²) >= 11 is 0. The van der Waals surface area contributed by atoms with Crippen LogP contribution in [-0.4, -0.2) is 43.2 Å². The molecular weight excluding hydrogens is 204 g/mol. The molecule has 0 aromatic carbocycles. The molecule has 1 heterocycles. The van der Waals surface area contributed by atoms with Crippen LogP contribution in [0, 0.1) is 0 Å². The Labute approximate surface area is 98.1 Å². The molecule has 2 N–H and O–H groups in total. The molecule has 0 aromatic rings. The summed E-state index contributed by atoms with van der Waals surface area (Å²) < 4.78 is 4.87.